The van der Waals surface area contributed by atoms with Crippen molar-refractivity contribution in [3.05, 3.63) is 41.6 Å². The Morgan fingerprint density at radius 2 is 1.97 bits per heavy atom. The first-order valence-electron chi connectivity index (χ1n) is 10.7. The molecule has 8 nitrogen and oxygen atoms in total. The summed E-state index contributed by atoms with van der Waals surface area (Å²) in [5, 5.41) is 17.6. The van der Waals surface area contributed by atoms with Crippen LogP contribution in [0, 0.1) is 11.2 Å². The van der Waals surface area contributed by atoms with Gasteiger partial charge in [0.25, 0.3) is 0 Å². The van der Waals surface area contributed by atoms with Gasteiger partial charge >= 0.3 is 0 Å². The van der Waals surface area contributed by atoms with Crippen LogP contribution in [0.1, 0.15) is 37.4 Å². The molecule has 1 aromatic heterocycles. The largest absolute Gasteiger partial charge is 0.484 e. The molecule has 1 aromatic carbocycles. The number of nitrogen functional groups attached to an aromatic ring is 1. The van der Waals surface area contributed by atoms with E-state index in [4.69, 9.17) is 21.0 Å². The molecule has 0 unspecified atom stereocenters. The molecular weight excluding hydrogens is 399 g/mol. The number of hydrogen-bond acceptors (Lipinski definition) is 8. The SMILES string of the molecule is CC1(Oc2cc(C(=N)c3cc(N4CCN(CCCO)CC4)ncn3)c(N)cc2F)CC1. The second kappa shape index (κ2) is 8.76. The smallest absolute Gasteiger partial charge is 0.167 e. The number of anilines is 2. The predicted octanol–water partition coefficient (Wildman–Crippen LogP) is 2.05. The summed E-state index contributed by atoms with van der Waals surface area (Å²) in [6.07, 6.45) is 3.98. The fraction of sp³-hybridized carbons (Fsp3) is 0.500. The Morgan fingerprint density at radius 3 is 2.65 bits per heavy atom. The van der Waals surface area contributed by atoms with Crippen LogP contribution in [0.5, 0.6) is 5.75 Å². The molecule has 4 N–H and O–H groups in total. The molecule has 166 valence electrons. The lowest BCUT2D eigenvalue weighted by molar-refractivity contribution is 0.191. The van der Waals surface area contributed by atoms with Crippen LogP contribution in [0.15, 0.2) is 24.5 Å². The van der Waals surface area contributed by atoms with Gasteiger partial charge in [0.1, 0.15) is 17.7 Å². The monoisotopic (exact) mass is 428 g/mol. The van der Waals surface area contributed by atoms with E-state index in [-0.39, 0.29) is 29.4 Å². The highest BCUT2D eigenvalue weighted by molar-refractivity contribution is 6.13. The number of aliphatic hydroxyl groups excluding tert-OH is 1. The van der Waals surface area contributed by atoms with Gasteiger partial charge in [-0.15, -0.1) is 0 Å². The van der Waals surface area contributed by atoms with Gasteiger partial charge in [0, 0.05) is 62.7 Å². The van der Waals surface area contributed by atoms with Crippen molar-refractivity contribution in [2.75, 3.05) is 50.0 Å². The summed E-state index contributed by atoms with van der Waals surface area (Å²) >= 11 is 0. The standard InChI is InChI=1S/C22H29FN6O2/c1-22(3-4-22)31-19-11-15(17(24)12-16(19)23)21(25)18-13-20(27-14-26-18)29-8-6-28(7-9-29)5-2-10-30/h11-14,25,30H,2-10,24H2,1H3. The quantitative estimate of drug-likeness (QED) is 0.436. The van der Waals surface area contributed by atoms with E-state index in [1.165, 1.54) is 18.5 Å². The number of ether oxygens (including phenoxy) is 1. The molecular formula is C22H29FN6O2. The maximum absolute atomic E-state index is 14.3. The summed E-state index contributed by atoms with van der Waals surface area (Å²) in [4.78, 5) is 13.1. The highest BCUT2D eigenvalue weighted by atomic mass is 19.1. The number of hydrogen-bond donors (Lipinski definition) is 3. The summed E-state index contributed by atoms with van der Waals surface area (Å²) in [6.45, 7) is 6.43. The molecule has 0 bridgehead atoms. The molecule has 2 aliphatic rings. The van der Waals surface area contributed by atoms with Crippen LogP contribution in [-0.2, 0) is 0 Å². The zero-order valence-electron chi connectivity index (χ0n) is 17.8. The van der Waals surface area contributed by atoms with E-state index in [1.54, 1.807) is 6.07 Å². The summed E-state index contributed by atoms with van der Waals surface area (Å²) in [5.74, 6) is 0.339. The normalized spacial score (nSPS) is 18.1. The van der Waals surface area contributed by atoms with Crippen LogP contribution in [0.25, 0.3) is 0 Å². The molecule has 1 aliphatic heterocycles. The zero-order valence-corrected chi connectivity index (χ0v) is 17.8. The molecule has 31 heavy (non-hydrogen) atoms. The Balaban J connectivity index is 1.50. The van der Waals surface area contributed by atoms with E-state index < -0.39 is 5.82 Å². The zero-order chi connectivity index (χ0) is 22.0. The Morgan fingerprint density at radius 1 is 1.23 bits per heavy atom. The number of aromatic nitrogens is 2. The topological polar surface area (TPSA) is 112 Å². The number of nitrogens with two attached hydrogens (primary N) is 1. The number of nitrogens with zero attached hydrogens (tertiary/aromatic N) is 4. The molecule has 4 rings (SSSR count). The van der Waals surface area contributed by atoms with Crippen molar-refractivity contribution in [2.24, 2.45) is 0 Å². The van der Waals surface area contributed by atoms with Crippen molar-refractivity contribution in [2.45, 2.75) is 31.8 Å². The highest BCUT2D eigenvalue weighted by Gasteiger charge is 2.40. The summed E-state index contributed by atoms with van der Waals surface area (Å²) < 4.78 is 20.1. The van der Waals surface area contributed by atoms with Crippen molar-refractivity contribution in [1.29, 1.82) is 5.41 Å². The average molecular weight is 429 g/mol. The molecule has 0 radical (unpaired) electrons. The van der Waals surface area contributed by atoms with Crippen LogP contribution in [0.3, 0.4) is 0 Å². The molecule has 2 heterocycles. The van der Waals surface area contributed by atoms with Gasteiger partial charge in [-0.2, -0.15) is 0 Å². The van der Waals surface area contributed by atoms with Gasteiger partial charge in [-0.3, -0.25) is 10.3 Å². The third-order valence-corrected chi connectivity index (χ3v) is 5.92. The molecule has 1 aliphatic carbocycles. The third kappa shape index (κ3) is 4.94. The molecule has 0 spiro atoms. The molecule has 0 amide bonds. The van der Waals surface area contributed by atoms with Crippen LogP contribution in [0.4, 0.5) is 15.9 Å². The lowest BCUT2D eigenvalue weighted by Crippen LogP contribution is -2.47. The number of rotatable bonds is 8. The lowest BCUT2D eigenvalue weighted by Gasteiger charge is -2.35. The molecule has 9 heteroatoms. The van der Waals surface area contributed by atoms with Gasteiger partial charge in [-0.05, 0) is 32.3 Å². The summed E-state index contributed by atoms with van der Waals surface area (Å²) in [7, 11) is 0. The van der Waals surface area contributed by atoms with Crippen molar-refractivity contribution in [3.63, 3.8) is 0 Å². The fourth-order valence-electron chi connectivity index (χ4n) is 3.70. The summed E-state index contributed by atoms with van der Waals surface area (Å²) in [5.41, 5.74) is 6.79. The van der Waals surface area contributed by atoms with E-state index >= 15 is 0 Å². The van der Waals surface area contributed by atoms with Gasteiger partial charge in [0.05, 0.1) is 11.4 Å². The second-order valence-electron chi connectivity index (χ2n) is 8.46. The van der Waals surface area contributed by atoms with Gasteiger partial charge in [0.15, 0.2) is 11.6 Å². The van der Waals surface area contributed by atoms with Crippen LogP contribution < -0.4 is 15.4 Å². The van der Waals surface area contributed by atoms with Gasteiger partial charge in [-0.1, -0.05) is 0 Å². The maximum Gasteiger partial charge on any atom is 0.167 e. The Hall–Kier alpha value is -2.78. The third-order valence-electron chi connectivity index (χ3n) is 5.92. The van der Waals surface area contributed by atoms with Gasteiger partial charge in [0.2, 0.25) is 0 Å². The van der Waals surface area contributed by atoms with E-state index in [0.29, 0.717) is 11.3 Å². The Labute approximate surface area is 181 Å². The van der Waals surface area contributed by atoms with Crippen LogP contribution >= 0.6 is 0 Å². The Bertz CT molecular complexity index is 957. The van der Waals surface area contributed by atoms with Crippen molar-refractivity contribution in [3.8, 4) is 5.75 Å². The van der Waals surface area contributed by atoms with Crippen molar-refractivity contribution >= 4 is 17.2 Å². The fourth-order valence-corrected chi connectivity index (χ4v) is 3.70. The Kier molecular flexibility index (Phi) is 6.06. The number of piperazine rings is 1. The minimum atomic E-state index is -0.523. The van der Waals surface area contributed by atoms with Crippen LogP contribution in [0.2, 0.25) is 0 Å². The number of benzene rings is 1. The predicted molar refractivity (Wildman–Crippen MR) is 117 cm³/mol. The van der Waals surface area contributed by atoms with E-state index in [1.807, 2.05) is 6.92 Å². The first-order chi connectivity index (χ1) is 14.9. The first kappa shape index (κ1) is 21.5. The maximum atomic E-state index is 14.3. The summed E-state index contributed by atoms with van der Waals surface area (Å²) in [6, 6.07) is 4.48. The van der Waals surface area contributed by atoms with E-state index in [0.717, 1.165) is 57.8 Å². The molecule has 1 saturated carbocycles. The average Bonchev–Trinajstić information content (AvgIpc) is 3.51. The van der Waals surface area contributed by atoms with Crippen LogP contribution in [-0.4, -0.2) is 70.6 Å². The molecule has 0 atom stereocenters. The van der Waals surface area contributed by atoms with Gasteiger partial charge < -0.3 is 20.5 Å². The lowest BCUT2D eigenvalue weighted by atomic mass is 10.0. The number of nitrogens with one attached hydrogen (secondary N) is 1. The van der Waals surface area contributed by atoms with Gasteiger partial charge in [-0.25, -0.2) is 14.4 Å². The van der Waals surface area contributed by atoms with Crippen molar-refractivity contribution < 1.29 is 14.2 Å². The molecule has 2 aromatic rings. The molecule has 1 saturated heterocycles. The second-order valence-corrected chi connectivity index (χ2v) is 8.46. The first-order valence-corrected chi connectivity index (χ1v) is 10.7. The minimum absolute atomic E-state index is 0.105. The van der Waals surface area contributed by atoms with Crippen molar-refractivity contribution in [1.82, 2.24) is 14.9 Å². The van der Waals surface area contributed by atoms with E-state index in [2.05, 4.69) is 19.8 Å². The number of aliphatic hydroxyl groups is 1. The molecule has 2 fully saturated rings. The van der Waals surface area contributed by atoms with E-state index in [9.17, 15) is 4.39 Å². The minimum Gasteiger partial charge on any atom is -0.484 e. The highest BCUT2D eigenvalue weighted by Crippen LogP contribution is 2.41. The number of halogens is 1.